The lowest BCUT2D eigenvalue weighted by atomic mass is 9.93. The molecule has 7 nitrogen and oxygen atoms in total. The summed E-state index contributed by atoms with van der Waals surface area (Å²) in [7, 11) is 0. The van der Waals surface area contributed by atoms with Crippen LogP contribution in [0.5, 0.6) is 0 Å². The molecule has 2 rings (SSSR count). The Morgan fingerprint density at radius 3 is 2.73 bits per heavy atom. The number of carbonyl (C=O) groups is 2. The van der Waals surface area contributed by atoms with Crippen molar-refractivity contribution < 1.29 is 29.6 Å². The van der Waals surface area contributed by atoms with Gasteiger partial charge in [0.2, 0.25) is 5.91 Å². The van der Waals surface area contributed by atoms with Gasteiger partial charge in [0, 0.05) is 12.1 Å². The van der Waals surface area contributed by atoms with Gasteiger partial charge in [-0.2, -0.15) is 0 Å². The molecule has 2 aliphatic rings. The number of carbonyl (C=O) groups excluding carboxylic acids is 2. The van der Waals surface area contributed by atoms with E-state index >= 15 is 0 Å². The second kappa shape index (κ2) is 6.18. The molecular weight excluding hydrogens is 290 g/mol. The Balaban J connectivity index is 2.39. The lowest BCUT2D eigenvalue weighted by molar-refractivity contribution is -0.153. The maximum Gasteiger partial charge on any atom is 0.236 e. The fraction of sp³-hybridized carbons (Fsp3) is 0.600. The van der Waals surface area contributed by atoms with Crippen LogP contribution in [0.15, 0.2) is 12.3 Å². The van der Waals surface area contributed by atoms with Gasteiger partial charge in [-0.15, -0.1) is 0 Å². The number of allylic oxidation sites excluding steroid dienone is 1. The number of hydrogen-bond acceptors (Lipinski definition) is 6. The number of aliphatic hydroxyl groups excluding tert-OH is 2. The third-order valence-corrected chi connectivity index (χ3v) is 3.51. The molecule has 0 spiro atoms. The molecule has 1 saturated heterocycles. The second-order valence-electron chi connectivity index (χ2n) is 5.66. The first-order valence-corrected chi connectivity index (χ1v) is 7.01. The van der Waals surface area contributed by atoms with Crippen LogP contribution in [0.3, 0.4) is 0 Å². The SMILES string of the molecule is CC(C)C#C[C@@]1(O)[C@H](O)[C@@H](CO)O[C@H]1N1C=CC(=O)CC1=O. The van der Waals surface area contributed by atoms with Crippen LogP contribution in [0.4, 0.5) is 0 Å². The van der Waals surface area contributed by atoms with Crippen LogP contribution in [0.2, 0.25) is 0 Å². The van der Waals surface area contributed by atoms with Crippen LogP contribution >= 0.6 is 0 Å². The maximum atomic E-state index is 12.0. The van der Waals surface area contributed by atoms with Crippen molar-refractivity contribution in [1.82, 2.24) is 4.90 Å². The van der Waals surface area contributed by atoms with Gasteiger partial charge < -0.3 is 20.1 Å². The summed E-state index contributed by atoms with van der Waals surface area (Å²) < 4.78 is 5.41. The molecule has 0 unspecified atom stereocenters. The maximum absolute atomic E-state index is 12.0. The van der Waals surface area contributed by atoms with E-state index < -0.39 is 36.6 Å². The molecule has 1 fully saturated rings. The molecule has 0 aromatic rings. The molecule has 120 valence electrons. The number of amides is 1. The van der Waals surface area contributed by atoms with Gasteiger partial charge in [-0.1, -0.05) is 25.7 Å². The standard InChI is InChI=1S/C15H19NO6/c1-9(2)3-5-15(21)13(20)11(8-17)22-14(15)16-6-4-10(18)7-12(16)19/h4,6,9,11,13-14,17,20-21H,7-8H2,1-2H3/t11-,13-,14-,15-/m1/s1. The van der Waals surface area contributed by atoms with Crippen molar-refractivity contribution in [1.29, 1.82) is 0 Å². The van der Waals surface area contributed by atoms with E-state index in [1.54, 1.807) is 0 Å². The van der Waals surface area contributed by atoms with Gasteiger partial charge in [0.25, 0.3) is 0 Å². The summed E-state index contributed by atoms with van der Waals surface area (Å²) >= 11 is 0. The molecule has 3 N–H and O–H groups in total. The first kappa shape index (κ1) is 16.6. The fourth-order valence-corrected chi connectivity index (χ4v) is 2.34. The molecule has 0 bridgehead atoms. The topological polar surface area (TPSA) is 107 Å². The Bertz CT molecular complexity index is 560. The molecule has 4 atom stereocenters. The van der Waals surface area contributed by atoms with Gasteiger partial charge in [-0.05, 0) is 6.08 Å². The van der Waals surface area contributed by atoms with E-state index in [9.17, 15) is 24.9 Å². The third-order valence-electron chi connectivity index (χ3n) is 3.51. The summed E-state index contributed by atoms with van der Waals surface area (Å²) in [5, 5.41) is 30.2. The Kier molecular flexibility index (Phi) is 4.68. The number of nitrogens with zero attached hydrogens (tertiary/aromatic N) is 1. The Labute approximate surface area is 128 Å². The minimum atomic E-state index is -2.04. The summed E-state index contributed by atoms with van der Waals surface area (Å²) in [5.74, 6) is 4.32. The van der Waals surface area contributed by atoms with Crippen molar-refractivity contribution >= 4 is 11.7 Å². The van der Waals surface area contributed by atoms with Crippen LogP contribution < -0.4 is 0 Å². The predicted octanol–water partition coefficient (Wildman–Crippen LogP) is -1.23. The van der Waals surface area contributed by atoms with Crippen molar-refractivity contribution in [2.75, 3.05) is 6.61 Å². The Hall–Kier alpha value is -1.72. The van der Waals surface area contributed by atoms with Crippen LogP contribution in [0, 0.1) is 17.8 Å². The molecule has 2 heterocycles. The van der Waals surface area contributed by atoms with Gasteiger partial charge >= 0.3 is 0 Å². The zero-order valence-electron chi connectivity index (χ0n) is 12.4. The van der Waals surface area contributed by atoms with Crippen LogP contribution in [-0.2, 0) is 14.3 Å². The number of hydrogen-bond donors (Lipinski definition) is 3. The van der Waals surface area contributed by atoms with Crippen molar-refractivity contribution in [3.63, 3.8) is 0 Å². The molecule has 0 aliphatic carbocycles. The average Bonchev–Trinajstić information content (AvgIpc) is 2.70. The fourth-order valence-electron chi connectivity index (χ4n) is 2.34. The summed E-state index contributed by atoms with van der Waals surface area (Å²) in [5.41, 5.74) is -2.04. The van der Waals surface area contributed by atoms with Crippen molar-refractivity contribution in [2.24, 2.45) is 5.92 Å². The smallest absolute Gasteiger partial charge is 0.236 e. The van der Waals surface area contributed by atoms with E-state index in [4.69, 9.17) is 4.74 Å². The van der Waals surface area contributed by atoms with Crippen molar-refractivity contribution in [2.45, 2.75) is 44.3 Å². The lowest BCUT2D eigenvalue weighted by Gasteiger charge is -2.34. The highest BCUT2D eigenvalue weighted by Gasteiger charge is 2.57. The van der Waals surface area contributed by atoms with Crippen LogP contribution in [-0.4, -0.2) is 62.6 Å². The first-order chi connectivity index (χ1) is 10.3. The van der Waals surface area contributed by atoms with Crippen LogP contribution in [0.1, 0.15) is 20.3 Å². The van der Waals surface area contributed by atoms with E-state index in [1.807, 2.05) is 13.8 Å². The molecule has 1 amide bonds. The molecule has 0 saturated carbocycles. The molecule has 22 heavy (non-hydrogen) atoms. The summed E-state index contributed by atoms with van der Waals surface area (Å²) in [6.07, 6.45) is -1.79. The lowest BCUT2D eigenvalue weighted by Crippen LogP contribution is -2.55. The molecular formula is C15H19NO6. The quantitative estimate of drug-likeness (QED) is 0.435. The zero-order valence-corrected chi connectivity index (χ0v) is 12.4. The number of aliphatic hydroxyl groups is 3. The van der Waals surface area contributed by atoms with E-state index in [2.05, 4.69) is 11.8 Å². The van der Waals surface area contributed by atoms with Gasteiger partial charge in [0.15, 0.2) is 17.6 Å². The molecule has 0 aromatic heterocycles. The van der Waals surface area contributed by atoms with Crippen LogP contribution in [0.25, 0.3) is 0 Å². The molecule has 0 aromatic carbocycles. The number of ether oxygens (including phenoxy) is 1. The van der Waals surface area contributed by atoms with Gasteiger partial charge in [0.1, 0.15) is 12.2 Å². The molecule has 2 aliphatic heterocycles. The van der Waals surface area contributed by atoms with E-state index in [-0.39, 0.29) is 18.1 Å². The zero-order chi connectivity index (χ0) is 16.5. The van der Waals surface area contributed by atoms with E-state index in [1.165, 1.54) is 12.3 Å². The first-order valence-electron chi connectivity index (χ1n) is 7.01. The minimum Gasteiger partial charge on any atom is -0.394 e. The largest absolute Gasteiger partial charge is 0.394 e. The van der Waals surface area contributed by atoms with Crippen molar-refractivity contribution in [3.05, 3.63) is 12.3 Å². The van der Waals surface area contributed by atoms with E-state index in [0.717, 1.165) is 4.90 Å². The normalized spacial score (nSPS) is 35.0. The van der Waals surface area contributed by atoms with Gasteiger partial charge in [-0.25, -0.2) is 0 Å². The Morgan fingerprint density at radius 2 is 2.18 bits per heavy atom. The van der Waals surface area contributed by atoms with E-state index in [0.29, 0.717) is 0 Å². The number of ketones is 1. The van der Waals surface area contributed by atoms with Gasteiger partial charge in [0.05, 0.1) is 13.0 Å². The summed E-state index contributed by atoms with van der Waals surface area (Å²) in [6.45, 7) is 3.08. The number of rotatable bonds is 2. The summed E-state index contributed by atoms with van der Waals surface area (Å²) in [6, 6.07) is 0. The highest BCUT2D eigenvalue weighted by atomic mass is 16.6. The monoisotopic (exact) mass is 309 g/mol. The Morgan fingerprint density at radius 1 is 1.50 bits per heavy atom. The second-order valence-corrected chi connectivity index (χ2v) is 5.66. The highest BCUT2D eigenvalue weighted by Crippen LogP contribution is 2.34. The highest BCUT2D eigenvalue weighted by molar-refractivity contribution is 6.06. The predicted molar refractivity (Wildman–Crippen MR) is 74.9 cm³/mol. The molecule has 7 heteroatoms. The third kappa shape index (κ3) is 2.91. The van der Waals surface area contributed by atoms with Crippen molar-refractivity contribution in [3.8, 4) is 11.8 Å². The molecule has 0 radical (unpaired) electrons. The minimum absolute atomic E-state index is 0.0702. The average molecular weight is 309 g/mol. The summed E-state index contributed by atoms with van der Waals surface area (Å²) in [4.78, 5) is 24.3. The van der Waals surface area contributed by atoms with Gasteiger partial charge in [-0.3, -0.25) is 14.5 Å².